The third-order valence-electron chi connectivity index (χ3n) is 2.67. The Morgan fingerprint density at radius 1 is 0.567 bits per heavy atom. The van der Waals surface area contributed by atoms with Crippen LogP contribution < -0.4 is 0 Å². The van der Waals surface area contributed by atoms with Gasteiger partial charge in [-0.25, -0.2) is 0 Å². The van der Waals surface area contributed by atoms with Crippen molar-refractivity contribution in [2.75, 3.05) is 13.2 Å². The zero-order chi connectivity index (χ0) is 24.6. The molecule has 0 atom stereocenters. The minimum absolute atomic E-state index is 0.111. The molecule has 0 aromatic heterocycles. The van der Waals surface area contributed by atoms with Gasteiger partial charge >= 0.3 is 5.97 Å². The summed E-state index contributed by atoms with van der Waals surface area (Å²) in [7, 11) is -7.98. The molecule has 0 amide bonds. The van der Waals surface area contributed by atoms with E-state index in [1.165, 1.54) is 0 Å². The second-order valence-corrected chi connectivity index (χ2v) is 34.7. The maximum Gasteiger partial charge on any atom is 0.317 e. The van der Waals surface area contributed by atoms with Crippen LogP contribution in [0.15, 0.2) is 0 Å². The van der Waals surface area contributed by atoms with Crippen molar-refractivity contribution in [2.24, 2.45) is 0 Å². The van der Waals surface area contributed by atoms with Gasteiger partial charge in [-0.3, -0.25) is 4.79 Å². The summed E-state index contributed by atoms with van der Waals surface area (Å²) in [6.45, 7) is 32.5. The average Bonchev–Trinajstić information content (AvgIpc) is 2.36. The first-order valence-electron chi connectivity index (χ1n) is 10.7. The van der Waals surface area contributed by atoms with Gasteiger partial charge in [0, 0.05) is 0 Å². The Morgan fingerprint density at radius 2 is 0.933 bits per heavy atom. The van der Waals surface area contributed by atoms with Crippen molar-refractivity contribution in [3.63, 3.8) is 0 Å². The van der Waals surface area contributed by atoms with Crippen LogP contribution in [0.5, 0.6) is 0 Å². The molecule has 0 aromatic rings. The first-order chi connectivity index (χ1) is 12.9. The molecule has 0 unspecified atom stereocenters. The lowest BCUT2D eigenvalue weighted by atomic mass is 10.7. The second-order valence-electron chi connectivity index (χ2n) is 12.3. The second kappa shape index (κ2) is 12.6. The van der Waals surface area contributed by atoms with E-state index in [0.717, 1.165) is 0 Å². The molecule has 0 saturated heterocycles. The molecule has 182 valence electrons. The predicted molar refractivity (Wildman–Crippen MR) is 141 cm³/mol. The van der Waals surface area contributed by atoms with E-state index in [4.69, 9.17) is 22.1 Å². The van der Waals surface area contributed by atoms with E-state index in [0.29, 0.717) is 6.61 Å². The van der Waals surface area contributed by atoms with Crippen LogP contribution in [0.1, 0.15) is 0 Å². The van der Waals surface area contributed by atoms with Gasteiger partial charge in [-0.1, -0.05) is 0 Å². The average molecular weight is 515 g/mol. The summed E-state index contributed by atoms with van der Waals surface area (Å²) in [5.74, 6) is -0.221. The highest BCUT2D eigenvalue weighted by Crippen LogP contribution is 2.16. The topological polar surface area (TPSA) is 63.2 Å². The summed E-state index contributed by atoms with van der Waals surface area (Å²) >= 11 is 0. The quantitative estimate of drug-likeness (QED) is 0.246. The smallest absolute Gasteiger partial charge is 0.317 e. The third kappa shape index (κ3) is 28.4. The van der Waals surface area contributed by atoms with Crippen LogP contribution in [0.2, 0.25) is 98.2 Å². The molecule has 0 rings (SSSR count). The van der Waals surface area contributed by atoms with Crippen LogP contribution in [-0.2, 0) is 26.9 Å². The molecule has 0 aromatic carbocycles. The van der Waals surface area contributed by atoms with Crippen molar-refractivity contribution in [1.82, 2.24) is 0 Å². The molecule has 0 aliphatic heterocycles. The van der Waals surface area contributed by atoms with Crippen LogP contribution in [-0.4, -0.2) is 67.1 Å². The van der Waals surface area contributed by atoms with Gasteiger partial charge in [0.1, 0.15) is 6.61 Å². The van der Waals surface area contributed by atoms with Crippen LogP contribution >= 0.6 is 0 Å². The highest BCUT2D eigenvalue weighted by atomic mass is 28.4. The van der Waals surface area contributed by atoms with Crippen LogP contribution in [0.3, 0.4) is 0 Å². The van der Waals surface area contributed by atoms with Crippen molar-refractivity contribution < 1.29 is 26.9 Å². The van der Waals surface area contributed by atoms with E-state index in [1.54, 1.807) is 0 Å². The minimum Gasteiger partial charge on any atom is -0.518 e. The fourth-order valence-corrected chi connectivity index (χ4v) is 5.68. The molecule has 6 nitrogen and oxygen atoms in total. The molecule has 0 radical (unpaired) electrons. The summed E-state index contributed by atoms with van der Waals surface area (Å²) in [6, 6.07) is 0. The number of hydrogen-bond acceptors (Lipinski definition) is 6. The largest absolute Gasteiger partial charge is 0.518 e. The number of carbonyl (C=O) groups excluding carboxylic acids is 1. The lowest BCUT2D eigenvalue weighted by Crippen LogP contribution is -2.44. The normalized spacial score (nSPS) is 13.7. The fraction of sp³-hybridized carbons (Fsp3) is 0.947. The van der Waals surface area contributed by atoms with Gasteiger partial charge in [-0.15, -0.1) is 0 Å². The summed E-state index contributed by atoms with van der Waals surface area (Å²) in [5, 5.41) is 0. The number of rotatable bonds is 11. The molecule has 0 spiro atoms. The minimum atomic E-state index is -1.73. The van der Waals surface area contributed by atoms with E-state index < -0.39 is 41.6 Å². The summed E-state index contributed by atoms with van der Waals surface area (Å²) in [4.78, 5) is 11.2. The molecular weight excluding hydrogens is 465 g/mol. The van der Waals surface area contributed by atoms with Crippen LogP contribution in [0.25, 0.3) is 0 Å². The van der Waals surface area contributed by atoms with E-state index in [1.807, 2.05) is 19.6 Å². The first-order valence-corrected chi connectivity index (χ1v) is 27.8. The maximum atomic E-state index is 11.2. The SMILES string of the molecule is C[Si](C)(C)OCC(=O)O[Si](C)(C)C.C[Si](C)(C)OCC(O[Si](C)(C)C)O[Si](C)(C)C. The highest BCUT2D eigenvalue weighted by molar-refractivity contribution is 6.72. The van der Waals surface area contributed by atoms with Gasteiger partial charge in [0.25, 0.3) is 0 Å². The Bertz CT molecular complexity index is 480. The van der Waals surface area contributed by atoms with Gasteiger partial charge in [0.2, 0.25) is 8.32 Å². The highest BCUT2D eigenvalue weighted by Gasteiger charge is 2.28. The van der Waals surface area contributed by atoms with Crippen molar-refractivity contribution in [3.8, 4) is 0 Å². The lowest BCUT2D eigenvalue weighted by molar-refractivity contribution is -0.137. The monoisotopic (exact) mass is 514 g/mol. The van der Waals surface area contributed by atoms with E-state index in [9.17, 15) is 4.79 Å². The van der Waals surface area contributed by atoms with Crippen molar-refractivity contribution in [2.45, 2.75) is 104 Å². The van der Waals surface area contributed by atoms with E-state index >= 15 is 0 Å². The number of hydrogen-bond donors (Lipinski definition) is 0. The molecule has 0 heterocycles. The maximum absolute atomic E-state index is 11.2. The van der Waals surface area contributed by atoms with Gasteiger partial charge in [-0.05, 0) is 98.2 Å². The first kappa shape index (κ1) is 32.6. The van der Waals surface area contributed by atoms with Gasteiger partial charge < -0.3 is 22.1 Å². The standard InChI is InChI=1S/C11H30O3Si3.C8H20O3Si2/c1-15(2,3)12-10-11(13-16(4,5)6)14-17(7,8)9;1-12(2,3)10-7-8(9)11-13(4,5)6/h11H,10H2,1-9H3;7H2,1-6H3. The molecule has 0 saturated carbocycles. The van der Waals surface area contributed by atoms with Crippen LogP contribution in [0.4, 0.5) is 0 Å². The van der Waals surface area contributed by atoms with Gasteiger partial charge in [0.05, 0.1) is 6.61 Å². The Hall–Kier alpha value is 0.394. The molecule has 0 aliphatic rings. The van der Waals surface area contributed by atoms with Crippen LogP contribution in [0, 0.1) is 0 Å². The summed E-state index contributed by atoms with van der Waals surface area (Å²) < 4.78 is 28.7. The summed E-state index contributed by atoms with van der Waals surface area (Å²) in [5.41, 5.74) is 0. The van der Waals surface area contributed by atoms with Gasteiger partial charge in [0.15, 0.2) is 39.6 Å². The molecule has 0 fully saturated rings. The predicted octanol–water partition coefficient (Wildman–Crippen LogP) is 6.08. The van der Waals surface area contributed by atoms with Crippen molar-refractivity contribution in [1.29, 1.82) is 0 Å². The Balaban J connectivity index is 0. The van der Waals surface area contributed by atoms with E-state index in [-0.39, 0.29) is 18.9 Å². The lowest BCUT2D eigenvalue weighted by Gasteiger charge is -2.33. The molecule has 11 heteroatoms. The van der Waals surface area contributed by atoms with Crippen molar-refractivity contribution in [3.05, 3.63) is 0 Å². The fourth-order valence-electron chi connectivity index (χ4n) is 1.85. The molecular formula is C19H50O6Si5. The molecule has 0 aliphatic carbocycles. The van der Waals surface area contributed by atoms with Gasteiger partial charge in [-0.2, -0.15) is 0 Å². The zero-order valence-corrected chi connectivity index (χ0v) is 27.4. The number of carbonyl (C=O) groups is 1. The molecule has 0 N–H and O–H groups in total. The zero-order valence-electron chi connectivity index (χ0n) is 22.4. The van der Waals surface area contributed by atoms with E-state index in [2.05, 4.69) is 78.6 Å². The Labute approximate surface area is 192 Å². The Morgan fingerprint density at radius 3 is 1.20 bits per heavy atom. The van der Waals surface area contributed by atoms with Crippen molar-refractivity contribution >= 4 is 47.6 Å². The molecule has 0 bridgehead atoms. The molecule has 30 heavy (non-hydrogen) atoms. The summed E-state index contributed by atoms with van der Waals surface area (Å²) in [6.07, 6.45) is -0.181. The Kier molecular flexibility index (Phi) is 13.7. The third-order valence-corrected chi connectivity index (χ3v) is 7.49.